The maximum absolute atomic E-state index is 12.2. The molecule has 0 fully saturated rings. The second kappa shape index (κ2) is 27.9. The van der Waals surface area contributed by atoms with Gasteiger partial charge >= 0.3 is 17.9 Å². The Morgan fingerprint density at radius 1 is 0.513 bits per heavy atom. The lowest BCUT2D eigenvalue weighted by Gasteiger charge is -2.18. The summed E-state index contributed by atoms with van der Waals surface area (Å²) in [7, 11) is 0. The zero-order chi connectivity index (χ0) is 28.8. The summed E-state index contributed by atoms with van der Waals surface area (Å²) in [5.41, 5.74) is 0. The average molecular weight is 543 g/mol. The number of hydrogen-bond donors (Lipinski definition) is 0. The molecule has 0 rings (SSSR count). The van der Waals surface area contributed by atoms with Crippen LogP contribution >= 0.6 is 0 Å². The fourth-order valence-electron chi connectivity index (χ4n) is 3.13. The Morgan fingerprint density at radius 2 is 0.897 bits per heavy atom. The summed E-state index contributed by atoms with van der Waals surface area (Å²) in [6.45, 7) is 5.65. The Bertz CT molecular complexity index is 794. The largest absolute Gasteiger partial charge is 0.462 e. The highest BCUT2D eigenvalue weighted by Gasteiger charge is 2.18. The topological polar surface area (TPSA) is 78.9 Å². The molecule has 0 atom stereocenters. The third-order valence-electron chi connectivity index (χ3n) is 5.18. The van der Waals surface area contributed by atoms with Gasteiger partial charge in [0.2, 0.25) is 0 Å². The Hall–Kier alpha value is -3.15. The van der Waals surface area contributed by atoms with Gasteiger partial charge in [0.05, 0.1) is 0 Å². The molecule has 0 aliphatic heterocycles. The van der Waals surface area contributed by atoms with E-state index < -0.39 is 12.1 Å². The van der Waals surface area contributed by atoms with Crippen LogP contribution in [0, 0.1) is 0 Å². The molecule has 0 N–H and O–H groups in total. The van der Waals surface area contributed by atoms with Crippen molar-refractivity contribution in [3.05, 3.63) is 72.9 Å². The molecule has 6 nitrogen and oxygen atoms in total. The van der Waals surface area contributed by atoms with Crippen molar-refractivity contribution in [1.82, 2.24) is 0 Å². The van der Waals surface area contributed by atoms with Gasteiger partial charge in [-0.05, 0) is 57.8 Å². The van der Waals surface area contributed by atoms with Gasteiger partial charge in [0.1, 0.15) is 13.2 Å². The summed E-state index contributed by atoms with van der Waals surface area (Å²) in [5.74, 6) is -1.15. The van der Waals surface area contributed by atoms with E-state index in [9.17, 15) is 14.4 Å². The fourth-order valence-corrected chi connectivity index (χ4v) is 3.13. The lowest BCUT2D eigenvalue weighted by Crippen LogP contribution is -2.30. The van der Waals surface area contributed by atoms with Gasteiger partial charge in [0.25, 0.3) is 0 Å². The van der Waals surface area contributed by atoms with Crippen molar-refractivity contribution in [3.8, 4) is 0 Å². The van der Waals surface area contributed by atoms with Crippen LogP contribution in [0.4, 0.5) is 0 Å². The van der Waals surface area contributed by atoms with Gasteiger partial charge in [-0.3, -0.25) is 14.4 Å². The van der Waals surface area contributed by atoms with Gasteiger partial charge in [0.15, 0.2) is 6.10 Å². The predicted molar refractivity (Wildman–Crippen MR) is 159 cm³/mol. The van der Waals surface area contributed by atoms with Gasteiger partial charge in [-0.1, -0.05) is 93.7 Å². The summed E-state index contributed by atoms with van der Waals surface area (Å²) in [6.07, 6.45) is 33.2. The lowest BCUT2D eigenvalue weighted by molar-refractivity contribution is -0.166. The number of rotatable bonds is 23. The molecule has 6 heteroatoms. The molecule has 0 aromatic rings. The van der Waals surface area contributed by atoms with E-state index >= 15 is 0 Å². The number of ether oxygens (including phenoxy) is 3. The van der Waals surface area contributed by atoms with Crippen LogP contribution in [0.15, 0.2) is 72.9 Å². The van der Waals surface area contributed by atoms with E-state index in [2.05, 4.69) is 67.7 Å². The normalized spacial score (nSPS) is 12.3. The number of esters is 3. The highest BCUT2D eigenvalue weighted by atomic mass is 16.6. The lowest BCUT2D eigenvalue weighted by atomic mass is 10.2. The van der Waals surface area contributed by atoms with Gasteiger partial charge in [-0.25, -0.2) is 0 Å². The van der Waals surface area contributed by atoms with E-state index in [0.717, 1.165) is 38.5 Å². The molecule has 0 aliphatic rings. The maximum Gasteiger partial charge on any atom is 0.306 e. The smallest absolute Gasteiger partial charge is 0.306 e. The van der Waals surface area contributed by atoms with Crippen LogP contribution in [-0.4, -0.2) is 37.2 Å². The Morgan fingerprint density at radius 3 is 1.28 bits per heavy atom. The van der Waals surface area contributed by atoms with Gasteiger partial charge < -0.3 is 14.2 Å². The summed E-state index contributed by atoms with van der Waals surface area (Å²) in [5, 5.41) is 0. The predicted octanol–water partition coefficient (Wildman–Crippen LogP) is 8.06. The molecule has 0 spiro atoms. The van der Waals surface area contributed by atoms with Crippen molar-refractivity contribution in [2.75, 3.05) is 13.2 Å². The fraction of sp³-hybridized carbons (Fsp3) is 0.545. The first-order valence-corrected chi connectivity index (χ1v) is 14.4. The van der Waals surface area contributed by atoms with Crippen molar-refractivity contribution in [2.24, 2.45) is 0 Å². The van der Waals surface area contributed by atoms with Crippen LogP contribution in [0.5, 0.6) is 0 Å². The van der Waals surface area contributed by atoms with Crippen LogP contribution in [0.1, 0.15) is 97.8 Å². The van der Waals surface area contributed by atoms with Crippen molar-refractivity contribution < 1.29 is 28.6 Å². The molecule has 0 saturated carbocycles. The van der Waals surface area contributed by atoms with E-state index in [1.54, 1.807) is 0 Å². The third kappa shape index (κ3) is 26.3. The molecule has 0 aromatic carbocycles. The van der Waals surface area contributed by atoms with Crippen LogP contribution in [0.2, 0.25) is 0 Å². The first-order valence-electron chi connectivity index (χ1n) is 14.4. The molecular formula is C33H50O6. The van der Waals surface area contributed by atoms with Gasteiger partial charge in [-0.15, -0.1) is 0 Å². The average Bonchev–Trinajstić information content (AvgIpc) is 2.91. The molecule has 0 saturated heterocycles. The zero-order valence-corrected chi connectivity index (χ0v) is 24.4. The van der Waals surface area contributed by atoms with Gasteiger partial charge in [-0.2, -0.15) is 0 Å². The van der Waals surface area contributed by atoms with Crippen LogP contribution < -0.4 is 0 Å². The molecule has 0 bridgehead atoms. The summed E-state index contributed by atoms with van der Waals surface area (Å²) < 4.78 is 15.7. The van der Waals surface area contributed by atoms with Crippen LogP contribution in [0.3, 0.4) is 0 Å². The van der Waals surface area contributed by atoms with E-state index in [0.29, 0.717) is 32.1 Å². The molecule has 0 aromatic heterocycles. The number of carbonyl (C=O) groups excluding carboxylic acids is 3. The number of hydrogen-bond acceptors (Lipinski definition) is 6. The molecular weight excluding hydrogens is 492 g/mol. The third-order valence-corrected chi connectivity index (χ3v) is 5.18. The Kier molecular flexibility index (Phi) is 25.6. The molecule has 218 valence electrons. The summed E-state index contributed by atoms with van der Waals surface area (Å²) >= 11 is 0. The van der Waals surface area contributed by atoms with E-state index in [1.165, 1.54) is 0 Å². The maximum atomic E-state index is 12.2. The summed E-state index contributed by atoms with van der Waals surface area (Å²) in [6, 6.07) is 0. The zero-order valence-electron chi connectivity index (χ0n) is 24.4. The Balaban J connectivity index is 4.11. The van der Waals surface area contributed by atoms with Crippen LogP contribution in [-0.2, 0) is 28.6 Å². The first kappa shape index (κ1) is 35.9. The highest BCUT2D eigenvalue weighted by Crippen LogP contribution is 2.05. The Labute approximate surface area is 236 Å². The minimum absolute atomic E-state index is 0.121. The van der Waals surface area contributed by atoms with E-state index in [4.69, 9.17) is 14.2 Å². The number of allylic oxidation sites excluding steroid dienone is 12. The van der Waals surface area contributed by atoms with Crippen molar-refractivity contribution in [1.29, 1.82) is 0 Å². The van der Waals surface area contributed by atoms with E-state index in [-0.39, 0.29) is 31.6 Å². The molecule has 0 radical (unpaired) electrons. The monoisotopic (exact) mass is 542 g/mol. The van der Waals surface area contributed by atoms with Gasteiger partial charge in [0, 0.05) is 19.3 Å². The van der Waals surface area contributed by atoms with E-state index in [1.807, 2.05) is 26.0 Å². The quantitative estimate of drug-likeness (QED) is 0.0738. The number of carbonyl (C=O) groups is 3. The standard InChI is InChI=1S/C33H50O6/c1-4-7-8-9-10-11-12-13-14-15-16-17-18-19-20-21-22-23-24-27-33(36)39-30(28-37-31(34)25-5-2)29-38-32(35)26-6-3/h7-8,10-11,13-14,16-17,19-20,22-23,30H,4-6,9,12,15,18,21,24-29H2,1-3H3/b8-7-,11-10-,14-13-,17-16-,20-19-,23-22-. The highest BCUT2D eigenvalue weighted by molar-refractivity contribution is 5.71. The molecule has 0 heterocycles. The second-order valence-electron chi connectivity index (χ2n) is 8.93. The van der Waals surface area contributed by atoms with Crippen molar-refractivity contribution in [2.45, 2.75) is 104 Å². The molecule has 0 aliphatic carbocycles. The molecule has 0 amide bonds. The summed E-state index contributed by atoms with van der Waals surface area (Å²) in [4.78, 5) is 35.5. The second-order valence-corrected chi connectivity index (χ2v) is 8.93. The van der Waals surface area contributed by atoms with Crippen LogP contribution in [0.25, 0.3) is 0 Å². The molecule has 0 unspecified atom stereocenters. The first-order chi connectivity index (χ1) is 19.0. The van der Waals surface area contributed by atoms with Crippen molar-refractivity contribution in [3.63, 3.8) is 0 Å². The SMILES string of the molecule is CC/C=C\C/C=C\C/C=C\C/C=C\C/C=C\C/C=C\CCC(=O)OC(COC(=O)CCC)COC(=O)CCC. The minimum atomic E-state index is -0.801. The minimum Gasteiger partial charge on any atom is -0.462 e. The molecule has 39 heavy (non-hydrogen) atoms. The van der Waals surface area contributed by atoms with Crippen molar-refractivity contribution >= 4 is 17.9 Å².